The molecule has 6 heteroatoms. The minimum atomic E-state index is -0.857. The SMILES string of the molecule is O=C(O)Cc1cn(-c2cncc(-c3ccc[nH]3)n2)c2ccccc12. The largest absolute Gasteiger partial charge is 0.481 e. The van der Waals surface area contributed by atoms with Gasteiger partial charge in [0.15, 0.2) is 5.82 Å². The van der Waals surface area contributed by atoms with E-state index in [2.05, 4.69) is 15.0 Å². The summed E-state index contributed by atoms with van der Waals surface area (Å²) in [7, 11) is 0. The molecule has 0 fully saturated rings. The van der Waals surface area contributed by atoms with Crippen LogP contribution < -0.4 is 0 Å². The Hall–Kier alpha value is -3.41. The molecule has 3 aromatic heterocycles. The van der Waals surface area contributed by atoms with Crippen LogP contribution in [0.3, 0.4) is 0 Å². The Bertz CT molecular complexity index is 1020. The first kappa shape index (κ1) is 14.2. The summed E-state index contributed by atoms with van der Waals surface area (Å²) in [5.41, 5.74) is 3.28. The third-order valence-electron chi connectivity index (χ3n) is 3.88. The standard InChI is InChI=1S/C18H14N4O2/c23-18(24)8-12-11-22(16-6-2-1-4-13(12)16)17-10-19-9-15(21-17)14-5-3-7-20-14/h1-7,9-11,20H,8H2,(H,23,24). The molecular formula is C18H14N4O2. The summed E-state index contributed by atoms with van der Waals surface area (Å²) >= 11 is 0. The number of para-hydroxylation sites is 1. The molecule has 2 N–H and O–H groups in total. The summed E-state index contributed by atoms with van der Waals surface area (Å²) < 4.78 is 1.88. The Kier molecular flexibility index (Phi) is 3.35. The molecule has 3 heterocycles. The molecule has 6 nitrogen and oxygen atoms in total. The van der Waals surface area contributed by atoms with Crippen LogP contribution in [0.25, 0.3) is 28.1 Å². The molecule has 0 spiro atoms. The van der Waals surface area contributed by atoms with Crippen molar-refractivity contribution in [3.05, 3.63) is 66.7 Å². The Morgan fingerprint density at radius 1 is 1.17 bits per heavy atom. The molecule has 0 atom stereocenters. The predicted octanol–water partition coefficient (Wildman–Crippen LogP) is 3.04. The summed E-state index contributed by atoms with van der Waals surface area (Å²) in [6.07, 6.45) is 6.99. The molecule has 0 aliphatic rings. The van der Waals surface area contributed by atoms with E-state index in [1.165, 1.54) is 0 Å². The highest BCUT2D eigenvalue weighted by Crippen LogP contribution is 2.25. The number of carboxylic acid groups (broad SMARTS) is 1. The molecule has 0 unspecified atom stereocenters. The van der Waals surface area contributed by atoms with Gasteiger partial charge in [0, 0.05) is 17.8 Å². The Morgan fingerprint density at radius 2 is 2.04 bits per heavy atom. The van der Waals surface area contributed by atoms with Crippen molar-refractivity contribution in [3.63, 3.8) is 0 Å². The van der Waals surface area contributed by atoms with E-state index >= 15 is 0 Å². The average Bonchev–Trinajstić information content (AvgIpc) is 3.23. The Morgan fingerprint density at radius 3 is 2.83 bits per heavy atom. The van der Waals surface area contributed by atoms with Crippen LogP contribution in [0.2, 0.25) is 0 Å². The number of nitrogens with zero attached hydrogens (tertiary/aromatic N) is 3. The number of fused-ring (bicyclic) bond motifs is 1. The number of rotatable bonds is 4. The van der Waals surface area contributed by atoms with Crippen molar-refractivity contribution < 1.29 is 9.90 Å². The lowest BCUT2D eigenvalue weighted by Gasteiger charge is -2.05. The van der Waals surface area contributed by atoms with E-state index in [-0.39, 0.29) is 6.42 Å². The molecule has 118 valence electrons. The van der Waals surface area contributed by atoms with Gasteiger partial charge in [0.1, 0.15) is 5.69 Å². The fourth-order valence-corrected chi connectivity index (χ4v) is 2.83. The van der Waals surface area contributed by atoms with Crippen LogP contribution in [0.15, 0.2) is 61.2 Å². The van der Waals surface area contributed by atoms with Crippen LogP contribution in [0.5, 0.6) is 0 Å². The first-order valence-corrected chi connectivity index (χ1v) is 7.49. The van der Waals surface area contributed by atoms with Crippen LogP contribution >= 0.6 is 0 Å². The molecule has 24 heavy (non-hydrogen) atoms. The fraction of sp³-hybridized carbons (Fsp3) is 0.0556. The van der Waals surface area contributed by atoms with Gasteiger partial charge in [-0.15, -0.1) is 0 Å². The highest BCUT2D eigenvalue weighted by atomic mass is 16.4. The van der Waals surface area contributed by atoms with Crippen molar-refractivity contribution in [2.24, 2.45) is 0 Å². The lowest BCUT2D eigenvalue weighted by molar-refractivity contribution is -0.136. The fourth-order valence-electron chi connectivity index (χ4n) is 2.83. The van der Waals surface area contributed by atoms with E-state index in [0.29, 0.717) is 5.82 Å². The third-order valence-corrected chi connectivity index (χ3v) is 3.88. The number of carboxylic acids is 1. The highest BCUT2D eigenvalue weighted by Gasteiger charge is 2.13. The van der Waals surface area contributed by atoms with Gasteiger partial charge < -0.3 is 10.1 Å². The number of hydrogen-bond donors (Lipinski definition) is 2. The first-order valence-electron chi connectivity index (χ1n) is 7.49. The van der Waals surface area contributed by atoms with Gasteiger partial charge in [-0.25, -0.2) is 4.98 Å². The van der Waals surface area contributed by atoms with E-state index in [1.54, 1.807) is 12.4 Å². The number of hydrogen-bond acceptors (Lipinski definition) is 3. The summed E-state index contributed by atoms with van der Waals surface area (Å²) in [5.74, 6) is -0.209. The van der Waals surface area contributed by atoms with Crippen molar-refractivity contribution in [2.45, 2.75) is 6.42 Å². The van der Waals surface area contributed by atoms with Crippen molar-refractivity contribution in [1.82, 2.24) is 19.5 Å². The van der Waals surface area contributed by atoms with Gasteiger partial charge in [-0.05, 0) is 23.8 Å². The van der Waals surface area contributed by atoms with Gasteiger partial charge in [0.25, 0.3) is 0 Å². The minimum absolute atomic E-state index is 0.0305. The van der Waals surface area contributed by atoms with E-state index in [9.17, 15) is 4.79 Å². The predicted molar refractivity (Wildman–Crippen MR) is 90.0 cm³/mol. The topological polar surface area (TPSA) is 83.8 Å². The second-order valence-corrected chi connectivity index (χ2v) is 5.46. The zero-order chi connectivity index (χ0) is 16.5. The maximum absolute atomic E-state index is 11.1. The second kappa shape index (κ2) is 5.66. The molecule has 0 bridgehead atoms. The molecule has 4 rings (SSSR count). The second-order valence-electron chi connectivity index (χ2n) is 5.46. The number of carbonyl (C=O) groups is 1. The van der Waals surface area contributed by atoms with Gasteiger partial charge in [-0.1, -0.05) is 18.2 Å². The molecular weight excluding hydrogens is 304 g/mol. The maximum atomic E-state index is 11.1. The number of H-pyrrole nitrogens is 1. The summed E-state index contributed by atoms with van der Waals surface area (Å²) in [6, 6.07) is 11.5. The molecule has 0 saturated carbocycles. The van der Waals surface area contributed by atoms with Gasteiger partial charge in [-0.3, -0.25) is 14.3 Å². The number of aromatic nitrogens is 4. The van der Waals surface area contributed by atoms with Crippen LogP contribution in [-0.4, -0.2) is 30.6 Å². The van der Waals surface area contributed by atoms with Gasteiger partial charge >= 0.3 is 5.97 Å². The number of nitrogens with one attached hydrogen (secondary N) is 1. The quantitative estimate of drug-likeness (QED) is 0.606. The van der Waals surface area contributed by atoms with Crippen LogP contribution in [0.4, 0.5) is 0 Å². The summed E-state index contributed by atoms with van der Waals surface area (Å²) in [5, 5.41) is 10.0. The smallest absolute Gasteiger partial charge is 0.307 e. The highest BCUT2D eigenvalue weighted by molar-refractivity contribution is 5.88. The van der Waals surface area contributed by atoms with Crippen LogP contribution in [0, 0.1) is 0 Å². The van der Waals surface area contributed by atoms with E-state index < -0.39 is 5.97 Å². The van der Waals surface area contributed by atoms with Crippen molar-refractivity contribution >= 4 is 16.9 Å². The van der Waals surface area contributed by atoms with E-state index in [4.69, 9.17) is 5.11 Å². The first-order chi connectivity index (χ1) is 11.7. The summed E-state index contributed by atoms with van der Waals surface area (Å²) in [6.45, 7) is 0. The van der Waals surface area contributed by atoms with E-state index in [0.717, 1.165) is 27.9 Å². The van der Waals surface area contributed by atoms with Crippen molar-refractivity contribution in [3.8, 4) is 17.2 Å². The number of aromatic amines is 1. The maximum Gasteiger partial charge on any atom is 0.307 e. The van der Waals surface area contributed by atoms with Crippen LogP contribution in [-0.2, 0) is 11.2 Å². The van der Waals surface area contributed by atoms with Gasteiger partial charge in [0.05, 0.1) is 30.0 Å². The molecule has 4 aromatic rings. The molecule has 0 aliphatic carbocycles. The van der Waals surface area contributed by atoms with Gasteiger partial charge in [-0.2, -0.15) is 0 Å². The number of aliphatic carboxylic acids is 1. The molecule has 0 radical (unpaired) electrons. The van der Waals surface area contributed by atoms with Crippen LogP contribution in [0.1, 0.15) is 5.56 Å². The Balaban J connectivity index is 1.88. The average molecular weight is 318 g/mol. The zero-order valence-corrected chi connectivity index (χ0v) is 12.7. The normalized spacial score (nSPS) is 11.0. The van der Waals surface area contributed by atoms with E-state index in [1.807, 2.05) is 53.4 Å². The molecule has 0 aliphatic heterocycles. The molecule has 0 saturated heterocycles. The third kappa shape index (κ3) is 2.44. The lowest BCUT2D eigenvalue weighted by atomic mass is 10.1. The monoisotopic (exact) mass is 318 g/mol. The number of benzene rings is 1. The lowest BCUT2D eigenvalue weighted by Crippen LogP contribution is -2.00. The minimum Gasteiger partial charge on any atom is -0.481 e. The Labute approximate surface area is 137 Å². The summed E-state index contributed by atoms with van der Waals surface area (Å²) in [4.78, 5) is 23.2. The van der Waals surface area contributed by atoms with Crippen molar-refractivity contribution in [1.29, 1.82) is 0 Å². The molecule has 0 amide bonds. The molecule has 1 aromatic carbocycles. The van der Waals surface area contributed by atoms with Crippen molar-refractivity contribution in [2.75, 3.05) is 0 Å². The zero-order valence-electron chi connectivity index (χ0n) is 12.7. The van der Waals surface area contributed by atoms with Gasteiger partial charge in [0.2, 0.25) is 0 Å².